The second-order valence-electron chi connectivity index (χ2n) is 8.49. The Balaban J connectivity index is 1.47. The maximum atomic E-state index is 12.6. The van der Waals surface area contributed by atoms with Crippen molar-refractivity contribution < 1.29 is 23.6 Å². The van der Waals surface area contributed by atoms with Gasteiger partial charge >= 0.3 is 5.97 Å². The van der Waals surface area contributed by atoms with Crippen molar-refractivity contribution in [3.05, 3.63) is 102 Å². The lowest BCUT2D eigenvalue weighted by Crippen LogP contribution is -2.26. The van der Waals surface area contributed by atoms with Crippen molar-refractivity contribution in [2.45, 2.75) is 43.1 Å². The van der Waals surface area contributed by atoms with Crippen LogP contribution < -0.4 is 0 Å². The molecule has 8 nitrogen and oxygen atoms in total. The highest BCUT2D eigenvalue weighted by atomic mass is 32.2. The monoisotopic (exact) mass is 491 g/mol. The highest BCUT2D eigenvalue weighted by Gasteiger charge is 2.28. The minimum atomic E-state index is -0.917. The molecule has 0 saturated heterocycles. The summed E-state index contributed by atoms with van der Waals surface area (Å²) in [5, 5.41) is 13.2. The fraction of sp³-hybridized carbons (Fsp3) is 0.231. The van der Waals surface area contributed by atoms with E-state index in [1.165, 1.54) is 11.8 Å². The fourth-order valence-corrected chi connectivity index (χ4v) is 4.32. The molecule has 35 heavy (non-hydrogen) atoms. The number of aliphatic carboxylic acids is 1. The number of rotatable bonds is 11. The number of carboxylic acid groups (broad SMARTS) is 1. The van der Waals surface area contributed by atoms with Gasteiger partial charge in [0.15, 0.2) is 0 Å². The number of nitrogens with zero attached hydrogens (tertiary/aromatic N) is 3. The second-order valence-corrected chi connectivity index (χ2v) is 10.2. The van der Waals surface area contributed by atoms with Crippen molar-refractivity contribution in [3.63, 3.8) is 0 Å². The number of ketones is 1. The first kappa shape index (κ1) is 24.4. The van der Waals surface area contributed by atoms with Crippen molar-refractivity contribution in [1.82, 2.24) is 15.0 Å². The van der Waals surface area contributed by atoms with E-state index in [1.54, 1.807) is 44.4 Å². The third kappa shape index (κ3) is 6.46. The molecular weight excluding hydrogens is 466 g/mol. The molecule has 0 aliphatic heterocycles. The average Bonchev–Trinajstić information content (AvgIpc) is 3.52. The van der Waals surface area contributed by atoms with E-state index in [-0.39, 0.29) is 11.6 Å². The Morgan fingerprint density at radius 3 is 2.37 bits per heavy atom. The van der Waals surface area contributed by atoms with Crippen molar-refractivity contribution in [2.24, 2.45) is 0 Å². The van der Waals surface area contributed by atoms with E-state index in [0.717, 1.165) is 16.2 Å². The Hall–Kier alpha value is -3.69. The summed E-state index contributed by atoms with van der Waals surface area (Å²) in [6.07, 6.45) is 1.62. The van der Waals surface area contributed by atoms with E-state index >= 15 is 0 Å². The zero-order chi connectivity index (χ0) is 24.8. The van der Waals surface area contributed by atoms with Gasteiger partial charge in [-0.1, -0.05) is 47.6 Å². The zero-order valence-corrected chi connectivity index (χ0v) is 20.2. The van der Waals surface area contributed by atoms with Crippen LogP contribution in [0.3, 0.4) is 0 Å². The summed E-state index contributed by atoms with van der Waals surface area (Å²) in [6.45, 7) is 4.73. The molecule has 0 fully saturated rings. The van der Waals surface area contributed by atoms with E-state index in [0.29, 0.717) is 31.1 Å². The van der Waals surface area contributed by atoms with Crippen molar-refractivity contribution in [2.75, 3.05) is 0 Å². The standard InChI is InChI=1S/C26H25N3O5S/c1-26(2,25(31)32)35-21-12-10-18(11-13-21)15-29(16-20-9-6-14-33-20)17-22-27-24(28-34-22)23(30)19-7-4-3-5-8-19/h3-14H,15-17H2,1-2H3,(H,31,32). The highest BCUT2D eigenvalue weighted by molar-refractivity contribution is 8.01. The topological polar surface area (TPSA) is 110 Å². The normalized spacial score (nSPS) is 11.6. The maximum absolute atomic E-state index is 12.6. The Morgan fingerprint density at radius 1 is 0.971 bits per heavy atom. The lowest BCUT2D eigenvalue weighted by molar-refractivity contribution is -0.138. The van der Waals surface area contributed by atoms with E-state index in [2.05, 4.69) is 15.0 Å². The van der Waals surface area contributed by atoms with Gasteiger partial charge in [0.2, 0.25) is 17.5 Å². The van der Waals surface area contributed by atoms with Gasteiger partial charge in [-0.3, -0.25) is 14.5 Å². The van der Waals surface area contributed by atoms with E-state index in [1.807, 2.05) is 42.5 Å². The van der Waals surface area contributed by atoms with Gasteiger partial charge in [0.05, 0.1) is 19.4 Å². The molecule has 0 saturated carbocycles. The Kier molecular flexibility index (Phi) is 7.48. The number of carbonyl (C=O) groups excluding carboxylic acids is 1. The molecule has 4 aromatic rings. The molecule has 4 rings (SSSR count). The molecule has 0 unspecified atom stereocenters. The summed E-state index contributed by atoms with van der Waals surface area (Å²) in [5.74, 6) is -0.0327. The lowest BCUT2D eigenvalue weighted by atomic mass is 10.1. The molecule has 180 valence electrons. The summed E-state index contributed by atoms with van der Waals surface area (Å²) in [4.78, 5) is 31.3. The van der Waals surface area contributed by atoms with Gasteiger partial charge in [-0.05, 0) is 43.7 Å². The molecule has 9 heteroatoms. The molecule has 0 radical (unpaired) electrons. The quantitative estimate of drug-likeness (QED) is 0.228. The van der Waals surface area contributed by atoms with Crippen LogP contribution >= 0.6 is 11.8 Å². The smallest absolute Gasteiger partial charge is 0.319 e. The third-order valence-electron chi connectivity index (χ3n) is 5.24. The van der Waals surface area contributed by atoms with Crippen LogP contribution in [0.15, 0.2) is 86.8 Å². The first-order valence-electron chi connectivity index (χ1n) is 11.0. The van der Waals surface area contributed by atoms with Crippen LogP contribution in [0.4, 0.5) is 0 Å². The first-order chi connectivity index (χ1) is 16.8. The van der Waals surface area contributed by atoms with Crippen molar-refractivity contribution in [1.29, 1.82) is 0 Å². The zero-order valence-electron chi connectivity index (χ0n) is 19.4. The first-order valence-corrected chi connectivity index (χ1v) is 11.8. The number of carbonyl (C=O) groups is 2. The summed E-state index contributed by atoms with van der Waals surface area (Å²) in [7, 11) is 0. The molecule has 0 atom stereocenters. The summed E-state index contributed by atoms with van der Waals surface area (Å²) >= 11 is 1.30. The summed E-state index contributed by atoms with van der Waals surface area (Å²) in [5.41, 5.74) is 1.52. The maximum Gasteiger partial charge on any atom is 0.319 e. The van der Waals surface area contributed by atoms with Gasteiger partial charge in [-0.15, -0.1) is 11.8 Å². The molecule has 0 spiro atoms. The second kappa shape index (κ2) is 10.7. The minimum Gasteiger partial charge on any atom is -0.480 e. The molecule has 1 N–H and O–H groups in total. The van der Waals surface area contributed by atoms with Crippen LogP contribution in [0.5, 0.6) is 0 Å². The van der Waals surface area contributed by atoms with Crippen LogP contribution in [0.2, 0.25) is 0 Å². The largest absolute Gasteiger partial charge is 0.480 e. The van der Waals surface area contributed by atoms with E-state index < -0.39 is 10.7 Å². The molecule has 2 aromatic heterocycles. The molecule has 0 aliphatic carbocycles. The Labute approximate surface area is 207 Å². The highest BCUT2D eigenvalue weighted by Crippen LogP contribution is 2.32. The summed E-state index contributed by atoms with van der Waals surface area (Å²) < 4.78 is 9.98. The predicted molar refractivity (Wildman–Crippen MR) is 130 cm³/mol. The van der Waals surface area contributed by atoms with Crippen LogP contribution in [-0.2, 0) is 24.4 Å². The van der Waals surface area contributed by atoms with Crippen LogP contribution in [0, 0.1) is 0 Å². The van der Waals surface area contributed by atoms with E-state index in [4.69, 9.17) is 8.94 Å². The van der Waals surface area contributed by atoms with Gasteiger partial charge in [0.1, 0.15) is 10.5 Å². The number of hydrogen-bond acceptors (Lipinski definition) is 8. The average molecular weight is 492 g/mol. The molecule has 0 amide bonds. The number of benzene rings is 2. The van der Waals surface area contributed by atoms with Gasteiger partial charge in [0, 0.05) is 17.0 Å². The third-order valence-corrected chi connectivity index (χ3v) is 6.44. The van der Waals surface area contributed by atoms with Gasteiger partial charge in [-0.2, -0.15) is 4.98 Å². The molecule has 0 aliphatic rings. The number of thioether (sulfide) groups is 1. The van der Waals surface area contributed by atoms with Crippen molar-refractivity contribution >= 4 is 23.5 Å². The Morgan fingerprint density at radius 2 is 1.71 bits per heavy atom. The Bertz CT molecular complexity index is 1270. The lowest BCUT2D eigenvalue weighted by Gasteiger charge is -2.20. The predicted octanol–water partition coefficient (Wildman–Crippen LogP) is 5.05. The molecule has 2 heterocycles. The number of carboxylic acids is 1. The number of hydrogen-bond donors (Lipinski definition) is 1. The van der Waals surface area contributed by atoms with Crippen LogP contribution in [0.25, 0.3) is 0 Å². The minimum absolute atomic E-state index is 0.0200. The number of furan rings is 1. The van der Waals surface area contributed by atoms with E-state index in [9.17, 15) is 14.7 Å². The van der Waals surface area contributed by atoms with Crippen LogP contribution in [-0.4, -0.2) is 36.6 Å². The van der Waals surface area contributed by atoms with Gasteiger partial charge in [-0.25, -0.2) is 0 Å². The number of aromatic nitrogens is 2. The van der Waals surface area contributed by atoms with Gasteiger partial charge in [0.25, 0.3) is 0 Å². The summed E-state index contributed by atoms with van der Waals surface area (Å²) in [6, 6.07) is 20.3. The van der Waals surface area contributed by atoms with Crippen LogP contribution in [0.1, 0.15) is 47.2 Å². The SMILES string of the molecule is CC(C)(Sc1ccc(CN(Cc2ccco2)Cc2nc(C(=O)c3ccccc3)no2)cc1)C(=O)O. The fourth-order valence-electron chi connectivity index (χ4n) is 3.37. The molecule has 0 bridgehead atoms. The molecular formula is C26H25N3O5S. The van der Waals surface area contributed by atoms with Gasteiger partial charge < -0.3 is 14.0 Å². The van der Waals surface area contributed by atoms with Crippen molar-refractivity contribution in [3.8, 4) is 0 Å². The molecule has 2 aromatic carbocycles.